The van der Waals surface area contributed by atoms with Crippen LogP contribution in [0, 0.1) is 0 Å². The van der Waals surface area contributed by atoms with E-state index in [0.717, 1.165) is 12.1 Å². The highest BCUT2D eigenvalue weighted by molar-refractivity contribution is 5.91. The zero-order valence-electron chi connectivity index (χ0n) is 9.61. The van der Waals surface area contributed by atoms with Gasteiger partial charge in [0.15, 0.2) is 0 Å². The van der Waals surface area contributed by atoms with Crippen LogP contribution in [0.25, 0.3) is 0 Å². The summed E-state index contributed by atoms with van der Waals surface area (Å²) < 4.78 is 0. The molecule has 8 heteroatoms. The number of aliphatic carboxylic acids is 2. The average Bonchev–Trinajstić information content (AvgIpc) is 2.30. The molecule has 0 atom stereocenters. The van der Waals surface area contributed by atoms with Crippen molar-refractivity contribution >= 4 is 17.9 Å². The van der Waals surface area contributed by atoms with Crippen LogP contribution in [0.2, 0.25) is 0 Å². The monoisotopic (exact) mass is 272 g/mol. The van der Waals surface area contributed by atoms with Gasteiger partial charge >= 0.3 is 17.9 Å². The number of aromatic hydroxyl groups is 2. The van der Waals surface area contributed by atoms with Crippen molar-refractivity contribution in [2.24, 2.45) is 0 Å². The minimum atomic E-state index is -1.27. The number of benzene rings is 1. The van der Waals surface area contributed by atoms with E-state index < -0.39 is 17.9 Å². The van der Waals surface area contributed by atoms with Crippen molar-refractivity contribution in [2.75, 3.05) is 0 Å². The highest BCUT2D eigenvalue weighted by Gasteiger charge is 2.08. The van der Waals surface area contributed by atoms with Crippen molar-refractivity contribution in [3.05, 3.63) is 23.8 Å². The summed E-state index contributed by atoms with van der Waals surface area (Å²) in [4.78, 5) is 29.6. The number of phenolic OH excluding ortho intramolecular Hbond substituents is 1. The van der Waals surface area contributed by atoms with Crippen LogP contribution in [0.1, 0.15) is 23.2 Å². The number of carboxylic acid groups (broad SMARTS) is 3. The largest absolute Gasteiger partial charge is 0.508 e. The van der Waals surface area contributed by atoms with Gasteiger partial charge < -0.3 is 25.5 Å². The van der Waals surface area contributed by atoms with Crippen molar-refractivity contribution in [1.82, 2.24) is 0 Å². The van der Waals surface area contributed by atoms with Crippen LogP contribution >= 0.6 is 0 Å². The maximum Gasteiger partial charge on any atom is 0.339 e. The van der Waals surface area contributed by atoms with Gasteiger partial charge in [0, 0.05) is 0 Å². The molecule has 8 nitrogen and oxygen atoms in total. The summed E-state index contributed by atoms with van der Waals surface area (Å²) in [5, 5.41) is 41.9. The molecule has 5 N–H and O–H groups in total. The molecule has 0 bridgehead atoms. The Morgan fingerprint density at radius 1 is 0.895 bits per heavy atom. The van der Waals surface area contributed by atoms with Crippen LogP contribution < -0.4 is 0 Å². The molecule has 0 fully saturated rings. The second kappa shape index (κ2) is 7.54. The van der Waals surface area contributed by atoms with E-state index in [0.29, 0.717) is 0 Å². The molecule has 0 heterocycles. The molecule has 0 radical (unpaired) electrons. The maximum absolute atomic E-state index is 10.3. The van der Waals surface area contributed by atoms with Gasteiger partial charge in [-0.25, -0.2) is 4.79 Å². The van der Waals surface area contributed by atoms with Gasteiger partial charge in [-0.05, 0) is 18.2 Å². The molecule has 0 aliphatic heterocycles. The summed E-state index contributed by atoms with van der Waals surface area (Å²) >= 11 is 0. The normalized spacial score (nSPS) is 9.05. The first-order valence-corrected chi connectivity index (χ1v) is 4.93. The van der Waals surface area contributed by atoms with Crippen molar-refractivity contribution in [3.8, 4) is 11.5 Å². The molecule has 0 aliphatic rings. The molecule has 19 heavy (non-hydrogen) atoms. The van der Waals surface area contributed by atoms with Crippen LogP contribution in [0.15, 0.2) is 18.2 Å². The Morgan fingerprint density at radius 2 is 1.37 bits per heavy atom. The fourth-order valence-corrected chi connectivity index (χ4v) is 0.909. The summed E-state index contributed by atoms with van der Waals surface area (Å²) in [6.07, 6.45) is -0.593. The molecule has 1 aromatic rings. The van der Waals surface area contributed by atoms with E-state index in [4.69, 9.17) is 25.5 Å². The lowest BCUT2D eigenvalue weighted by Crippen LogP contribution is -2.00. The quantitative estimate of drug-likeness (QED) is 0.503. The van der Waals surface area contributed by atoms with Crippen LogP contribution in [0.4, 0.5) is 0 Å². The maximum atomic E-state index is 10.3. The number of aromatic carboxylic acids is 1. The molecule has 0 unspecified atom stereocenters. The lowest BCUT2D eigenvalue weighted by Gasteiger charge is -1.98. The predicted molar refractivity (Wildman–Crippen MR) is 61.2 cm³/mol. The van der Waals surface area contributed by atoms with Crippen LogP contribution in [-0.2, 0) is 9.59 Å². The summed E-state index contributed by atoms with van der Waals surface area (Å²) in [5.74, 6) is -3.95. The Kier molecular flexibility index (Phi) is 6.44. The van der Waals surface area contributed by atoms with Crippen LogP contribution in [0.5, 0.6) is 11.5 Å². The first-order valence-electron chi connectivity index (χ1n) is 4.93. The molecule has 0 saturated carbocycles. The van der Waals surface area contributed by atoms with Crippen LogP contribution in [-0.4, -0.2) is 43.4 Å². The van der Waals surface area contributed by atoms with Crippen molar-refractivity contribution in [1.29, 1.82) is 0 Å². The second-order valence-corrected chi connectivity index (χ2v) is 3.29. The van der Waals surface area contributed by atoms with Gasteiger partial charge in [-0.1, -0.05) is 0 Å². The minimum Gasteiger partial charge on any atom is -0.508 e. The van der Waals surface area contributed by atoms with E-state index in [9.17, 15) is 14.4 Å². The highest BCUT2D eigenvalue weighted by atomic mass is 16.4. The fourth-order valence-electron chi connectivity index (χ4n) is 0.909. The van der Waals surface area contributed by atoms with E-state index in [2.05, 4.69) is 0 Å². The van der Waals surface area contributed by atoms with E-state index in [-0.39, 0.29) is 29.9 Å². The lowest BCUT2D eigenvalue weighted by atomic mass is 10.2. The van der Waals surface area contributed by atoms with Gasteiger partial charge in [-0.3, -0.25) is 9.59 Å². The van der Waals surface area contributed by atoms with E-state index >= 15 is 0 Å². The minimum absolute atomic E-state index is 0.180. The Bertz CT molecular complexity index is 466. The topological polar surface area (TPSA) is 152 Å². The Balaban J connectivity index is 0.000000362. The van der Waals surface area contributed by atoms with E-state index in [1.165, 1.54) is 6.07 Å². The van der Waals surface area contributed by atoms with Crippen LogP contribution in [0.3, 0.4) is 0 Å². The molecule has 0 amide bonds. The van der Waals surface area contributed by atoms with E-state index in [1.54, 1.807) is 0 Å². The predicted octanol–water partition coefficient (Wildman–Crippen LogP) is 0.732. The molecule has 0 saturated heterocycles. The summed E-state index contributed by atoms with van der Waals surface area (Å²) in [7, 11) is 0. The molecule has 0 aromatic heterocycles. The van der Waals surface area contributed by atoms with Gasteiger partial charge in [0.05, 0.1) is 12.8 Å². The summed E-state index contributed by atoms with van der Waals surface area (Å²) in [6.45, 7) is 0. The Hall–Kier alpha value is -2.77. The Labute approximate surface area is 107 Å². The third kappa shape index (κ3) is 7.21. The number of carboxylic acids is 3. The Morgan fingerprint density at radius 3 is 1.68 bits per heavy atom. The average molecular weight is 272 g/mol. The first-order chi connectivity index (χ1) is 8.73. The zero-order chi connectivity index (χ0) is 15.0. The van der Waals surface area contributed by atoms with Crippen molar-refractivity contribution < 1.29 is 39.9 Å². The van der Waals surface area contributed by atoms with Crippen molar-refractivity contribution in [3.63, 3.8) is 0 Å². The highest BCUT2D eigenvalue weighted by Crippen LogP contribution is 2.21. The molecule has 1 rings (SSSR count). The summed E-state index contributed by atoms with van der Waals surface area (Å²) in [6, 6.07) is 3.32. The third-order valence-corrected chi connectivity index (χ3v) is 1.76. The third-order valence-electron chi connectivity index (χ3n) is 1.76. The second-order valence-electron chi connectivity index (χ2n) is 3.29. The van der Waals surface area contributed by atoms with Gasteiger partial charge in [0.1, 0.15) is 17.1 Å². The van der Waals surface area contributed by atoms with Gasteiger partial charge in [-0.15, -0.1) is 0 Å². The summed E-state index contributed by atoms with van der Waals surface area (Å²) in [5.41, 5.74) is -0.301. The lowest BCUT2D eigenvalue weighted by molar-refractivity contribution is -0.143. The molecule has 0 spiro atoms. The number of rotatable bonds is 4. The number of hydrogen-bond acceptors (Lipinski definition) is 5. The molecule has 104 valence electrons. The standard InChI is InChI=1S/C7H6O4.C4H6O4/c8-4-1-2-6(9)5(3-4)7(10)11;5-3(6)1-2-4(7)8/h1-3,8-9H,(H,10,11);1-2H2,(H,5,6)(H,7,8). The molecule has 1 aromatic carbocycles. The SMILES string of the molecule is O=C(O)CCC(=O)O.O=C(O)c1cc(O)ccc1O. The number of phenols is 2. The molecule has 0 aliphatic carbocycles. The molecular weight excluding hydrogens is 260 g/mol. The number of hydrogen-bond donors (Lipinski definition) is 5. The number of carbonyl (C=O) groups is 3. The first kappa shape index (κ1) is 16.2. The van der Waals surface area contributed by atoms with Crippen molar-refractivity contribution in [2.45, 2.75) is 12.8 Å². The van der Waals surface area contributed by atoms with Gasteiger partial charge in [0.25, 0.3) is 0 Å². The molecular formula is C11H12O8. The van der Waals surface area contributed by atoms with E-state index in [1.807, 2.05) is 0 Å². The van der Waals surface area contributed by atoms with Gasteiger partial charge in [0.2, 0.25) is 0 Å². The zero-order valence-corrected chi connectivity index (χ0v) is 9.61. The van der Waals surface area contributed by atoms with Gasteiger partial charge in [-0.2, -0.15) is 0 Å². The smallest absolute Gasteiger partial charge is 0.339 e. The fraction of sp³-hybridized carbons (Fsp3) is 0.182.